The largest absolute Gasteiger partial charge is 0.494 e. The summed E-state index contributed by atoms with van der Waals surface area (Å²) < 4.78 is 52.5. The molecule has 9 nitrogen and oxygen atoms in total. The maximum Gasteiger partial charge on any atom is 0.197 e. The van der Waals surface area contributed by atoms with Crippen LogP contribution in [0.1, 0.15) is 22.6 Å². The van der Waals surface area contributed by atoms with E-state index in [2.05, 4.69) is 15.2 Å². The molecule has 0 aliphatic heterocycles. The van der Waals surface area contributed by atoms with Gasteiger partial charge in [0.2, 0.25) is 0 Å². The summed E-state index contributed by atoms with van der Waals surface area (Å²) in [6.07, 6.45) is 0.0517. The molecule has 0 saturated heterocycles. The number of hydrogen-bond donors (Lipinski definition) is 0. The summed E-state index contributed by atoms with van der Waals surface area (Å²) in [6.45, 7) is 1.85. The van der Waals surface area contributed by atoms with Crippen LogP contribution in [0.3, 0.4) is 0 Å². The number of para-hydroxylation sites is 1. The Kier molecular flexibility index (Phi) is 7.32. The molecule has 2 aromatic heterocycles. The second-order valence-corrected chi connectivity index (χ2v) is 10.9. The van der Waals surface area contributed by atoms with Gasteiger partial charge in [0, 0.05) is 11.1 Å². The summed E-state index contributed by atoms with van der Waals surface area (Å²) >= 11 is 1.36. The number of aryl methyl sites for hydroxylation is 2. The van der Waals surface area contributed by atoms with E-state index in [0.717, 1.165) is 11.8 Å². The molecule has 0 fully saturated rings. The zero-order chi connectivity index (χ0) is 25.9. The van der Waals surface area contributed by atoms with E-state index in [1.54, 1.807) is 22.8 Å². The average Bonchev–Trinajstić information content (AvgIpc) is 3.47. The lowest BCUT2D eigenvalue weighted by Crippen LogP contribution is -2.16. The quantitative estimate of drug-likeness (QED) is 0.322. The summed E-state index contributed by atoms with van der Waals surface area (Å²) in [5, 5.41) is 20.2. The summed E-state index contributed by atoms with van der Waals surface area (Å²) in [5.41, 5.74) is 1.80. The number of rotatable bonds is 9. The van der Waals surface area contributed by atoms with Crippen molar-refractivity contribution in [2.75, 3.05) is 20.0 Å². The van der Waals surface area contributed by atoms with Crippen LogP contribution in [0.5, 0.6) is 11.5 Å². The Bertz CT molecular complexity index is 1530. The van der Waals surface area contributed by atoms with Crippen molar-refractivity contribution in [1.82, 2.24) is 19.7 Å². The summed E-state index contributed by atoms with van der Waals surface area (Å²) in [6, 6.07) is 10.8. The van der Waals surface area contributed by atoms with Crippen LogP contribution in [0.15, 0.2) is 41.8 Å². The van der Waals surface area contributed by atoms with Crippen molar-refractivity contribution in [3.8, 4) is 34.1 Å². The van der Waals surface area contributed by atoms with E-state index in [1.165, 1.54) is 37.7 Å². The van der Waals surface area contributed by atoms with E-state index >= 15 is 0 Å². The third kappa shape index (κ3) is 5.22. The van der Waals surface area contributed by atoms with Gasteiger partial charge in [0.25, 0.3) is 0 Å². The lowest BCUT2D eigenvalue weighted by Gasteiger charge is -2.17. The molecule has 36 heavy (non-hydrogen) atoms. The molecule has 0 spiro atoms. The van der Waals surface area contributed by atoms with Crippen LogP contribution in [0.25, 0.3) is 16.5 Å². The maximum atomic E-state index is 13.5. The van der Waals surface area contributed by atoms with Gasteiger partial charge in [0.05, 0.1) is 31.6 Å². The topological polar surface area (TPSA) is 120 Å². The maximum absolute atomic E-state index is 13.5. The van der Waals surface area contributed by atoms with Crippen molar-refractivity contribution >= 4 is 21.2 Å². The van der Waals surface area contributed by atoms with Crippen molar-refractivity contribution in [2.45, 2.75) is 19.1 Å². The van der Waals surface area contributed by atoms with Crippen molar-refractivity contribution < 1.29 is 22.3 Å². The highest BCUT2D eigenvalue weighted by molar-refractivity contribution is 7.90. The number of nitrogens with zero attached hydrogens (tertiary/aromatic N) is 5. The van der Waals surface area contributed by atoms with Gasteiger partial charge >= 0.3 is 0 Å². The number of ether oxygens (including phenoxy) is 2. The summed E-state index contributed by atoms with van der Waals surface area (Å²) in [5.74, 6) is 0.122. The fourth-order valence-electron chi connectivity index (χ4n) is 3.70. The number of halogens is 1. The Morgan fingerprint density at radius 2 is 1.86 bits per heavy atom. The fourth-order valence-corrected chi connectivity index (χ4v) is 5.72. The predicted octanol–water partition coefficient (Wildman–Crippen LogP) is 3.88. The van der Waals surface area contributed by atoms with Crippen molar-refractivity contribution in [1.29, 1.82) is 5.26 Å². The molecule has 0 aliphatic rings. The molecule has 0 amide bonds. The molecule has 0 bridgehead atoms. The summed E-state index contributed by atoms with van der Waals surface area (Å²) in [4.78, 5) is 4.49. The fraction of sp³-hybridized carbons (Fsp3) is 0.250. The van der Waals surface area contributed by atoms with Crippen LogP contribution in [0, 0.1) is 24.1 Å². The number of aromatic nitrogens is 4. The number of hydrogen-bond acceptors (Lipinski definition) is 9. The first-order valence-corrected chi connectivity index (χ1v) is 13.4. The standard InChI is InChI=1S/C24H22FN5O4S2/c1-15-13-35-24(27-15)23-29-28-21(30(23)22-19(33-2)5-4-6-20(22)34-3)14-36(31,32)10-9-16-7-8-18(25)11-17(16)12-26/h4-8,11,13H,9-10,14H2,1-3H3. The highest BCUT2D eigenvalue weighted by atomic mass is 32.2. The highest BCUT2D eigenvalue weighted by Gasteiger charge is 2.27. The van der Waals surface area contributed by atoms with Crippen molar-refractivity contribution in [2.24, 2.45) is 0 Å². The Labute approximate surface area is 211 Å². The summed E-state index contributed by atoms with van der Waals surface area (Å²) in [7, 11) is -0.723. The Morgan fingerprint density at radius 1 is 1.14 bits per heavy atom. The Balaban J connectivity index is 1.75. The van der Waals surface area contributed by atoms with E-state index in [1.807, 2.05) is 18.4 Å². The van der Waals surface area contributed by atoms with Crippen molar-refractivity contribution in [3.05, 3.63) is 70.2 Å². The third-order valence-corrected chi connectivity index (χ3v) is 7.87. The lowest BCUT2D eigenvalue weighted by molar-refractivity contribution is 0.391. The predicted molar refractivity (Wildman–Crippen MR) is 133 cm³/mol. The number of nitriles is 1. The van der Waals surface area contributed by atoms with Crippen LogP contribution in [0.4, 0.5) is 4.39 Å². The van der Waals surface area contributed by atoms with E-state index in [0.29, 0.717) is 33.6 Å². The van der Waals surface area contributed by atoms with Crippen molar-refractivity contribution in [3.63, 3.8) is 0 Å². The zero-order valence-electron chi connectivity index (χ0n) is 19.7. The van der Waals surface area contributed by atoms with Gasteiger partial charge in [-0.15, -0.1) is 21.5 Å². The first-order valence-electron chi connectivity index (χ1n) is 10.7. The van der Waals surface area contributed by atoms with Gasteiger partial charge < -0.3 is 9.47 Å². The molecule has 186 valence electrons. The number of sulfone groups is 1. The van der Waals surface area contributed by atoms with E-state index in [-0.39, 0.29) is 23.6 Å². The monoisotopic (exact) mass is 527 g/mol. The number of benzene rings is 2. The van der Waals surface area contributed by atoms with Crippen LogP contribution in [0.2, 0.25) is 0 Å². The smallest absolute Gasteiger partial charge is 0.197 e. The lowest BCUT2D eigenvalue weighted by atomic mass is 10.1. The van der Waals surface area contributed by atoms with Crippen LogP contribution in [-0.4, -0.2) is 48.1 Å². The second kappa shape index (κ2) is 10.4. The second-order valence-electron chi connectivity index (χ2n) is 7.84. The van der Waals surface area contributed by atoms with Crippen LogP contribution < -0.4 is 9.47 Å². The minimum atomic E-state index is -3.73. The first kappa shape index (κ1) is 25.3. The molecule has 2 heterocycles. The number of methoxy groups -OCH3 is 2. The van der Waals surface area contributed by atoms with E-state index in [9.17, 15) is 18.1 Å². The van der Waals surface area contributed by atoms with Gasteiger partial charge in [-0.05, 0) is 43.2 Å². The highest BCUT2D eigenvalue weighted by Crippen LogP contribution is 2.37. The SMILES string of the molecule is COc1cccc(OC)c1-n1c(CS(=O)(=O)CCc2ccc(F)cc2C#N)nnc1-c1nc(C)cs1. The minimum Gasteiger partial charge on any atom is -0.494 e. The van der Waals surface area contributed by atoms with Gasteiger partial charge in [-0.1, -0.05) is 12.1 Å². The van der Waals surface area contributed by atoms with Gasteiger partial charge in [0.15, 0.2) is 26.5 Å². The molecule has 0 N–H and O–H groups in total. The Hall–Kier alpha value is -3.82. The van der Waals surface area contributed by atoms with E-state index in [4.69, 9.17) is 9.47 Å². The normalized spacial score (nSPS) is 11.3. The molecular formula is C24H22FN5O4S2. The van der Waals surface area contributed by atoms with Gasteiger partial charge in [-0.25, -0.2) is 17.8 Å². The minimum absolute atomic E-state index is 0.0517. The number of thiazole rings is 1. The first-order chi connectivity index (χ1) is 17.3. The molecule has 4 aromatic rings. The van der Waals surface area contributed by atoms with Crippen LogP contribution in [-0.2, 0) is 22.0 Å². The van der Waals surface area contributed by atoms with E-state index < -0.39 is 21.4 Å². The molecule has 0 unspecified atom stereocenters. The van der Waals surface area contributed by atoms with Gasteiger partial charge in [-0.2, -0.15) is 5.26 Å². The molecule has 12 heteroatoms. The molecule has 0 atom stereocenters. The van der Waals surface area contributed by atoms with Crippen LogP contribution >= 0.6 is 11.3 Å². The zero-order valence-corrected chi connectivity index (χ0v) is 21.4. The Morgan fingerprint density at radius 3 is 2.47 bits per heavy atom. The molecule has 4 rings (SSSR count). The average molecular weight is 528 g/mol. The third-order valence-electron chi connectivity index (χ3n) is 5.39. The molecular weight excluding hydrogens is 505 g/mol. The molecule has 0 radical (unpaired) electrons. The molecule has 2 aromatic carbocycles. The van der Waals surface area contributed by atoms with Gasteiger partial charge in [-0.3, -0.25) is 4.57 Å². The van der Waals surface area contributed by atoms with Gasteiger partial charge in [0.1, 0.15) is 28.8 Å². The molecule has 0 saturated carbocycles. The molecule has 0 aliphatic carbocycles.